The summed E-state index contributed by atoms with van der Waals surface area (Å²) in [7, 11) is -4.34. The van der Waals surface area contributed by atoms with Gasteiger partial charge < -0.3 is 21.1 Å². The number of carbonyl (C=O) groups excluding carboxylic acids is 1. The largest absolute Gasteiger partial charge is 0.472 e. The molecule has 0 spiro atoms. The third-order valence-corrected chi connectivity index (χ3v) is 9.67. The Kier molecular flexibility index (Phi) is 35.6. The highest BCUT2D eigenvalue weighted by molar-refractivity contribution is 7.47. The number of rotatable bonds is 37. The van der Waals surface area contributed by atoms with E-state index in [4.69, 9.17) is 14.8 Å². The number of nitrogens with two attached hydrogens (primary N) is 1. The number of nitrogens with one attached hydrogen (secondary N) is 1. The Bertz CT molecular complexity index is 866. The molecule has 0 aliphatic heterocycles. The predicted molar refractivity (Wildman–Crippen MR) is 208 cm³/mol. The second-order valence-electron chi connectivity index (χ2n) is 13.5. The van der Waals surface area contributed by atoms with Crippen molar-refractivity contribution >= 4 is 13.7 Å². The Balaban J connectivity index is 4.35. The van der Waals surface area contributed by atoms with Gasteiger partial charge in [-0.3, -0.25) is 13.8 Å². The summed E-state index contributed by atoms with van der Waals surface area (Å²) in [5, 5.41) is 13.6. The summed E-state index contributed by atoms with van der Waals surface area (Å²) >= 11 is 0. The molecule has 0 aromatic rings. The molecule has 8 nitrogen and oxygen atoms in total. The maximum absolute atomic E-state index is 12.7. The fourth-order valence-electron chi connectivity index (χ4n) is 5.61. The molecule has 5 N–H and O–H groups in total. The van der Waals surface area contributed by atoms with Gasteiger partial charge in [0, 0.05) is 13.0 Å². The molecule has 3 atom stereocenters. The van der Waals surface area contributed by atoms with Crippen LogP contribution in [0, 0.1) is 0 Å². The highest BCUT2D eigenvalue weighted by Gasteiger charge is 2.26. The molecule has 0 fully saturated rings. The molecule has 0 radical (unpaired) electrons. The lowest BCUT2D eigenvalue weighted by Crippen LogP contribution is -2.45. The number of hydrogen-bond acceptors (Lipinski definition) is 6. The molecular weight excluding hydrogens is 635 g/mol. The van der Waals surface area contributed by atoms with Crippen LogP contribution in [0.5, 0.6) is 0 Å². The fraction of sp³-hybridized carbons (Fsp3) is 0.825. The topological polar surface area (TPSA) is 131 Å². The standard InChI is InChI=1S/C40H77N2O6P/c1-3-5-7-9-11-13-15-17-19-21-23-25-27-29-31-33-39(43)38(37-48-49(45,46)47-36-35-41)42-40(44)34-32-30-28-26-24-22-20-18-16-14-12-10-8-6-4-2/h18,20,23,25,31,33,38-39,43H,3-17,19,21-22,24,26-30,32,34-37,41H2,1-2H3,(H,42,44)(H,45,46)/b20-18-,25-23+,33-31+. The van der Waals surface area contributed by atoms with Crippen LogP contribution in [-0.2, 0) is 18.4 Å². The normalized spacial score (nSPS) is 14.6. The molecule has 0 aromatic carbocycles. The first kappa shape index (κ1) is 47.7. The first-order chi connectivity index (χ1) is 23.9. The minimum absolute atomic E-state index is 0.0725. The van der Waals surface area contributed by atoms with Gasteiger partial charge in [-0.1, -0.05) is 153 Å². The van der Waals surface area contributed by atoms with E-state index in [0.29, 0.717) is 6.42 Å². The van der Waals surface area contributed by atoms with E-state index in [-0.39, 0.29) is 25.7 Å². The molecule has 49 heavy (non-hydrogen) atoms. The number of amides is 1. The van der Waals surface area contributed by atoms with Gasteiger partial charge in [-0.2, -0.15) is 0 Å². The van der Waals surface area contributed by atoms with Gasteiger partial charge >= 0.3 is 7.82 Å². The van der Waals surface area contributed by atoms with Crippen LogP contribution in [0.4, 0.5) is 0 Å². The smallest absolute Gasteiger partial charge is 0.387 e. The molecule has 3 unspecified atom stereocenters. The van der Waals surface area contributed by atoms with E-state index < -0.39 is 20.0 Å². The van der Waals surface area contributed by atoms with Gasteiger partial charge in [0.15, 0.2) is 0 Å². The van der Waals surface area contributed by atoms with Gasteiger partial charge in [-0.15, -0.1) is 0 Å². The summed E-state index contributed by atoms with van der Waals surface area (Å²) in [6, 6.07) is -0.879. The number of phosphoric ester groups is 1. The molecule has 288 valence electrons. The van der Waals surface area contributed by atoms with Crippen LogP contribution < -0.4 is 11.1 Å². The maximum Gasteiger partial charge on any atom is 0.472 e. The number of aliphatic hydroxyl groups excluding tert-OH is 1. The lowest BCUT2D eigenvalue weighted by molar-refractivity contribution is -0.123. The number of aliphatic hydroxyl groups is 1. The van der Waals surface area contributed by atoms with Crippen molar-refractivity contribution in [3.05, 3.63) is 36.5 Å². The monoisotopic (exact) mass is 713 g/mol. The quantitative estimate of drug-likeness (QED) is 0.0286. The van der Waals surface area contributed by atoms with Crippen molar-refractivity contribution in [1.29, 1.82) is 0 Å². The Morgan fingerprint density at radius 1 is 0.653 bits per heavy atom. The minimum Gasteiger partial charge on any atom is -0.387 e. The first-order valence-electron chi connectivity index (χ1n) is 20.1. The number of allylic oxidation sites excluding steroid dienone is 5. The maximum atomic E-state index is 12.7. The van der Waals surface area contributed by atoms with Crippen LogP contribution in [0.2, 0.25) is 0 Å². The molecule has 0 bridgehead atoms. The number of hydrogen-bond donors (Lipinski definition) is 4. The van der Waals surface area contributed by atoms with Gasteiger partial charge in [-0.05, 0) is 57.8 Å². The van der Waals surface area contributed by atoms with Crippen LogP contribution in [-0.4, -0.2) is 47.8 Å². The second-order valence-corrected chi connectivity index (χ2v) is 14.9. The van der Waals surface area contributed by atoms with Gasteiger partial charge in [0.05, 0.1) is 25.4 Å². The molecule has 0 heterocycles. The molecule has 1 amide bonds. The predicted octanol–water partition coefficient (Wildman–Crippen LogP) is 10.8. The van der Waals surface area contributed by atoms with E-state index in [9.17, 15) is 19.4 Å². The number of phosphoric acid groups is 1. The van der Waals surface area contributed by atoms with E-state index in [2.05, 4.69) is 43.5 Å². The van der Waals surface area contributed by atoms with Crippen LogP contribution in [0.1, 0.15) is 181 Å². The lowest BCUT2D eigenvalue weighted by atomic mass is 10.1. The van der Waals surface area contributed by atoms with E-state index in [0.717, 1.165) is 51.4 Å². The summed E-state index contributed by atoms with van der Waals surface area (Å²) < 4.78 is 22.0. The van der Waals surface area contributed by atoms with Gasteiger partial charge in [0.1, 0.15) is 0 Å². The average Bonchev–Trinajstić information content (AvgIpc) is 3.09. The summed E-state index contributed by atoms with van der Waals surface area (Å²) in [5.41, 5.74) is 5.36. The van der Waals surface area contributed by atoms with Crippen molar-refractivity contribution in [2.45, 2.75) is 193 Å². The summed E-state index contributed by atoms with van der Waals surface area (Å²) in [6.45, 7) is 4.09. The van der Waals surface area contributed by atoms with Crippen LogP contribution in [0.15, 0.2) is 36.5 Å². The Labute approximate surface area is 301 Å². The third-order valence-electron chi connectivity index (χ3n) is 8.69. The summed E-state index contributed by atoms with van der Waals surface area (Å²) in [4.78, 5) is 22.6. The summed E-state index contributed by atoms with van der Waals surface area (Å²) in [5.74, 6) is -0.214. The molecule has 0 aliphatic rings. The van der Waals surface area contributed by atoms with Crippen molar-refractivity contribution in [3.8, 4) is 0 Å². The van der Waals surface area contributed by atoms with Crippen LogP contribution in [0.3, 0.4) is 0 Å². The van der Waals surface area contributed by atoms with Crippen molar-refractivity contribution < 1.29 is 28.4 Å². The number of carbonyl (C=O) groups is 1. The second kappa shape index (κ2) is 36.5. The van der Waals surface area contributed by atoms with E-state index in [1.165, 1.54) is 109 Å². The van der Waals surface area contributed by atoms with E-state index >= 15 is 0 Å². The van der Waals surface area contributed by atoms with Crippen molar-refractivity contribution in [1.82, 2.24) is 5.32 Å². The Hall–Kier alpha value is -1.28. The minimum atomic E-state index is -4.34. The Morgan fingerprint density at radius 3 is 1.57 bits per heavy atom. The SMILES string of the molecule is CCCCCCCC/C=C\CCCCCCCC(=O)NC(COP(=O)(O)OCCN)C(O)/C=C/CC/C=C/CCCCCCCCCCC. The molecule has 9 heteroatoms. The first-order valence-corrected chi connectivity index (χ1v) is 21.6. The summed E-state index contributed by atoms with van der Waals surface area (Å²) in [6.07, 6.45) is 41.9. The molecule has 0 saturated carbocycles. The van der Waals surface area contributed by atoms with Crippen molar-refractivity contribution in [3.63, 3.8) is 0 Å². The molecule has 0 saturated heterocycles. The zero-order chi connectivity index (χ0) is 36.1. The number of unbranched alkanes of at least 4 members (excludes halogenated alkanes) is 21. The van der Waals surface area contributed by atoms with Gasteiger partial charge in [0.2, 0.25) is 5.91 Å². The molecular formula is C40H77N2O6P. The zero-order valence-corrected chi connectivity index (χ0v) is 32.6. The molecule has 0 rings (SSSR count). The van der Waals surface area contributed by atoms with Crippen LogP contribution >= 0.6 is 7.82 Å². The molecule has 0 aliphatic carbocycles. The average molecular weight is 713 g/mol. The fourth-order valence-corrected chi connectivity index (χ4v) is 6.37. The Morgan fingerprint density at radius 2 is 1.08 bits per heavy atom. The zero-order valence-electron chi connectivity index (χ0n) is 31.7. The molecule has 0 aromatic heterocycles. The highest BCUT2D eigenvalue weighted by atomic mass is 31.2. The van der Waals surface area contributed by atoms with Gasteiger partial charge in [-0.25, -0.2) is 4.57 Å². The van der Waals surface area contributed by atoms with Crippen molar-refractivity contribution in [2.24, 2.45) is 5.73 Å². The van der Waals surface area contributed by atoms with Crippen molar-refractivity contribution in [2.75, 3.05) is 19.8 Å². The lowest BCUT2D eigenvalue weighted by Gasteiger charge is -2.23. The van der Waals surface area contributed by atoms with Crippen LogP contribution in [0.25, 0.3) is 0 Å². The highest BCUT2D eigenvalue weighted by Crippen LogP contribution is 2.43. The van der Waals surface area contributed by atoms with E-state index in [1.807, 2.05) is 6.08 Å². The van der Waals surface area contributed by atoms with Gasteiger partial charge in [0.25, 0.3) is 0 Å². The third kappa shape index (κ3) is 34.9. The van der Waals surface area contributed by atoms with E-state index in [1.54, 1.807) is 6.08 Å².